The molecule has 6 nitrogen and oxygen atoms in total. The molecule has 0 radical (unpaired) electrons. The molecule has 0 aromatic carbocycles. The van der Waals surface area contributed by atoms with Gasteiger partial charge in [0.15, 0.2) is 0 Å². The number of aliphatic hydroxyl groups excluding tert-OH is 1. The average molecular weight is 364 g/mol. The molecule has 1 N–H and O–H groups in total. The molecule has 0 aromatic heterocycles. The van der Waals surface area contributed by atoms with E-state index in [2.05, 4.69) is 0 Å². The maximum absolute atomic E-state index is 13.0. The van der Waals surface area contributed by atoms with Crippen LogP contribution in [0.5, 0.6) is 0 Å². The number of Topliss-reactive ketones (excluding diaryl/α,β-unsaturated/α-hetero) is 1. The highest BCUT2D eigenvalue weighted by Gasteiger charge is 2.66. The average Bonchev–Trinajstić information content (AvgIpc) is 2.94. The number of hydrogen-bond donors (Lipinski definition) is 1. The van der Waals surface area contributed by atoms with Gasteiger partial charge < -0.3 is 14.6 Å². The number of esters is 2. The molecule has 8 atom stereocenters. The predicted molar refractivity (Wildman–Crippen MR) is 92.9 cm³/mol. The predicted octanol–water partition coefficient (Wildman–Crippen LogP) is 2.04. The Morgan fingerprint density at radius 3 is 2.62 bits per heavy atom. The van der Waals surface area contributed by atoms with Gasteiger partial charge in [-0.25, -0.2) is 4.79 Å². The molecule has 3 aliphatic rings. The van der Waals surface area contributed by atoms with E-state index >= 15 is 0 Å². The first-order chi connectivity index (χ1) is 12.1. The van der Waals surface area contributed by atoms with Crippen LogP contribution in [0.15, 0.2) is 11.6 Å². The number of allylic oxidation sites excluding steroid dienone is 1. The van der Waals surface area contributed by atoms with E-state index in [4.69, 9.17) is 9.47 Å². The second-order valence-corrected chi connectivity index (χ2v) is 8.36. The van der Waals surface area contributed by atoms with E-state index in [1.54, 1.807) is 33.8 Å². The van der Waals surface area contributed by atoms with Crippen molar-refractivity contribution in [3.63, 3.8) is 0 Å². The van der Waals surface area contributed by atoms with Gasteiger partial charge in [-0.3, -0.25) is 9.59 Å². The summed E-state index contributed by atoms with van der Waals surface area (Å²) in [6.07, 6.45) is 0.306. The van der Waals surface area contributed by atoms with Crippen molar-refractivity contribution in [2.45, 2.75) is 65.8 Å². The normalized spacial score (nSPS) is 45.6. The van der Waals surface area contributed by atoms with Gasteiger partial charge in [0, 0.05) is 23.8 Å². The van der Waals surface area contributed by atoms with Crippen LogP contribution in [0.3, 0.4) is 0 Å². The molecule has 1 aliphatic heterocycles. The Labute approximate surface area is 153 Å². The third-order valence-corrected chi connectivity index (χ3v) is 6.90. The lowest BCUT2D eigenvalue weighted by Gasteiger charge is -2.40. The molecule has 26 heavy (non-hydrogen) atoms. The summed E-state index contributed by atoms with van der Waals surface area (Å²) in [5.41, 5.74) is -0.577. The summed E-state index contributed by atoms with van der Waals surface area (Å²) >= 11 is 0. The smallest absolute Gasteiger partial charge is 0.333 e. The zero-order valence-corrected chi connectivity index (χ0v) is 16.0. The molecule has 3 rings (SSSR count). The highest BCUT2D eigenvalue weighted by molar-refractivity contribution is 5.91. The van der Waals surface area contributed by atoms with E-state index in [1.807, 2.05) is 6.92 Å². The van der Waals surface area contributed by atoms with Crippen molar-refractivity contribution < 1.29 is 29.0 Å². The van der Waals surface area contributed by atoms with E-state index in [9.17, 15) is 19.5 Å². The van der Waals surface area contributed by atoms with Crippen LogP contribution in [0, 0.1) is 29.1 Å². The maximum atomic E-state index is 13.0. The van der Waals surface area contributed by atoms with Gasteiger partial charge in [0.25, 0.3) is 0 Å². The van der Waals surface area contributed by atoms with Crippen LogP contribution in [-0.2, 0) is 23.9 Å². The van der Waals surface area contributed by atoms with Crippen molar-refractivity contribution in [1.29, 1.82) is 0 Å². The molecule has 0 aromatic rings. The number of carbonyl (C=O) groups is 3. The largest absolute Gasteiger partial charge is 0.462 e. The summed E-state index contributed by atoms with van der Waals surface area (Å²) in [5.74, 6) is -2.12. The summed E-state index contributed by atoms with van der Waals surface area (Å²) in [6.45, 7) is 8.92. The van der Waals surface area contributed by atoms with Crippen molar-refractivity contribution >= 4 is 17.7 Å². The van der Waals surface area contributed by atoms with Crippen LogP contribution in [-0.4, -0.2) is 41.1 Å². The van der Waals surface area contributed by atoms with Gasteiger partial charge in [-0.2, -0.15) is 0 Å². The fourth-order valence-electron chi connectivity index (χ4n) is 5.36. The van der Waals surface area contributed by atoms with Crippen LogP contribution >= 0.6 is 0 Å². The number of ketones is 1. The Morgan fingerprint density at radius 1 is 1.35 bits per heavy atom. The summed E-state index contributed by atoms with van der Waals surface area (Å²) in [7, 11) is 0. The molecule has 2 aliphatic carbocycles. The van der Waals surface area contributed by atoms with Gasteiger partial charge in [-0.05, 0) is 33.1 Å². The lowest BCUT2D eigenvalue weighted by molar-refractivity contribution is -0.165. The highest BCUT2D eigenvalue weighted by Crippen LogP contribution is 2.56. The Hall–Kier alpha value is -1.69. The van der Waals surface area contributed by atoms with E-state index in [0.717, 1.165) is 0 Å². The van der Waals surface area contributed by atoms with Crippen LogP contribution < -0.4 is 0 Å². The monoisotopic (exact) mass is 364 g/mol. The molecular weight excluding hydrogens is 336 g/mol. The topological polar surface area (TPSA) is 89.9 Å². The van der Waals surface area contributed by atoms with Crippen LogP contribution in [0.1, 0.15) is 47.5 Å². The van der Waals surface area contributed by atoms with E-state index in [1.165, 1.54) is 0 Å². The zero-order valence-electron chi connectivity index (χ0n) is 16.0. The maximum Gasteiger partial charge on any atom is 0.333 e. The molecule has 1 saturated heterocycles. The Morgan fingerprint density at radius 2 is 2.00 bits per heavy atom. The van der Waals surface area contributed by atoms with Crippen LogP contribution in [0.2, 0.25) is 0 Å². The van der Waals surface area contributed by atoms with Crippen molar-refractivity contribution in [2.24, 2.45) is 29.1 Å². The summed E-state index contributed by atoms with van der Waals surface area (Å²) < 4.78 is 11.4. The quantitative estimate of drug-likeness (QED) is 0.596. The minimum atomic E-state index is -1.02. The second kappa shape index (κ2) is 6.48. The minimum Gasteiger partial charge on any atom is -0.462 e. The standard InChI is InChI=1S/C20H28O6/c1-6-9(2)18(23)26-17-15-11(4)19(24)25-13(15)7-10(3)16-12(21)8-14(22)20(16,17)5/h6,10-13,15-17,21H,7-8H2,1-5H3. The molecule has 2 saturated carbocycles. The fraction of sp³-hybridized carbons (Fsp3) is 0.750. The number of aliphatic hydroxyl groups is 1. The van der Waals surface area contributed by atoms with Crippen LogP contribution in [0.4, 0.5) is 0 Å². The Kier molecular flexibility index (Phi) is 4.76. The van der Waals surface area contributed by atoms with Gasteiger partial charge in [0.1, 0.15) is 18.0 Å². The molecule has 8 unspecified atom stereocenters. The summed E-state index contributed by atoms with van der Waals surface area (Å²) in [4.78, 5) is 37.7. The van der Waals surface area contributed by atoms with Crippen molar-refractivity contribution in [3.05, 3.63) is 11.6 Å². The van der Waals surface area contributed by atoms with Gasteiger partial charge in [-0.1, -0.05) is 19.9 Å². The van der Waals surface area contributed by atoms with Gasteiger partial charge in [0.05, 0.1) is 17.4 Å². The Balaban J connectivity index is 2.10. The van der Waals surface area contributed by atoms with E-state index < -0.39 is 35.6 Å². The van der Waals surface area contributed by atoms with E-state index in [0.29, 0.717) is 12.0 Å². The van der Waals surface area contributed by atoms with Crippen molar-refractivity contribution in [1.82, 2.24) is 0 Å². The molecule has 0 amide bonds. The number of fused-ring (bicyclic) bond motifs is 2. The lowest BCUT2D eigenvalue weighted by Crippen LogP contribution is -2.51. The first-order valence-electron chi connectivity index (χ1n) is 9.38. The molecule has 0 spiro atoms. The SMILES string of the molecule is CC=C(C)C(=O)OC1C2C(CC(C)C3C(O)CC(=O)C13C)OC(=O)C2C. The molecule has 6 heteroatoms. The van der Waals surface area contributed by atoms with Crippen molar-refractivity contribution in [3.8, 4) is 0 Å². The number of rotatable bonds is 2. The fourth-order valence-corrected chi connectivity index (χ4v) is 5.36. The van der Waals surface area contributed by atoms with Gasteiger partial charge >= 0.3 is 11.9 Å². The van der Waals surface area contributed by atoms with Gasteiger partial charge in [-0.15, -0.1) is 0 Å². The second-order valence-electron chi connectivity index (χ2n) is 8.36. The van der Waals surface area contributed by atoms with Gasteiger partial charge in [0.2, 0.25) is 0 Å². The Bertz CT molecular complexity index is 667. The molecule has 144 valence electrons. The lowest BCUT2D eigenvalue weighted by atomic mass is 9.66. The number of hydrogen-bond acceptors (Lipinski definition) is 6. The van der Waals surface area contributed by atoms with Crippen LogP contribution in [0.25, 0.3) is 0 Å². The zero-order chi connectivity index (χ0) is 19.4. The molecule has 0 bridgehead atoms. The minimum absolute atomic E-state index is 0.0291. The first kappa shape index (κ1) is 19.1. The third-order valence-electron chi connectivity index (χ3n) is 6.90. The summed E-state index contributed by atoms with van der Waals surface area (Å²) in [6, 6.07) is 0. The summed E-state index contributed by atoms with van der Waals surface area (Å²) in [5, 5.41) is 10.6. The third kappa shape index (κ3) is 2.61. The number of ether oxygens (including phenoxy) is 2. The van der Waals surface area contributed by atoms with E-state index in [-0.39, 0.29) is 35.9 Å². The molecule has 1 heterocycles. The molecule has 3 fully saturated rings. The number of carbonyl (C=O) groups excluding carboxylic acids is 3. The highest BCUT2D eigenvalue weighted by atomic mass is 16.6. The van der Waals surface area contributed by atoms with Crippen molar-refractivity contribution in [2.75, 3.05) is 0 Å². The first-order valence-corrected chi connectivity index (χ1v) is 9.38. The molecular formula is C20H28O6.